The van der Waals surface area contributed by atoms with Gasteiger partial charge in [0.15, 0.2) is 0 Å². The number of rotatable bonds is 7. The average Bonchev–Trinajstić information content (AvgIpc) is 2.70. The molecule has 1 saturated heterocycles. The zero-order valence-electron chi connectivity index (χ0n) is 17.4. The number of hydrogen-bond donors (Lipinski definition) is 2. The van der Waals surface area contributed by atoms with Crippen LogP contribution in [0.25, 0.3) is 0 Å². The predicted molar refractivity (Wildman–Crippen MR) is 117 cm³/mol. The number of ether oxygens (including phenoxy) is 1. The minimum absolute atomic E-state index is 0.177. The van der Waals surface area contributed by atoms with Crippen LogP contribution in [0.15, 0.2) is 54.6 Å². The van der Waals surface area contributed by atoms with E-state index < -0.39 is 10.0 Å². The quantitative estimate of drug-likeness (QED) is 0.705. The highest BCUT2D eigenvalue weighted by atomic mass is 32.2. The number of para-hydroxylation sites is 2. The number of nitrogens with zero attached hydrogens (tertiary/aromatic N) is 1. The Balaban J connectivity index is 1.89. The lowest BCUT2D eigenvalue weighted by Crippen LogP contribution is -2.59. The second-order valence-electron chi connectivity index (χ2n) is 7.46. The van der Waals surface area contributed by atoms with Crippen molar-refractivity contribution in [1.29, 1.82) is 0 Å². The molecule has 1 heterocycles. The highest BCUT2D eigenvalue weighted by Crippen LogP contribution is 2.29. The SMILES string of the molecule is CCNC(=O)N1CCC[C@@H](NS(C)(=O)=O)[C@H]1Cc1ccccc1Oc1ccccc1. The van der Waals surface area contributed by atoms with E-state index in [1.165, 1.54) is 0 Å². The Morgan fingerprint density at radius 3 is 2.53 bits per heavy atom. The Bertz CT molecular complexity index is 950. The molecule has 0 bridgehead atoms. The monoisotopic (exact) mass is 431 g/mol. The third kappa shape index (κ3) is 5.96. The summed E-state index contributed by atoms with van der Waals surface area (Å²) in [5, 5.41) is 2.85. The minimum atomic E-state index is -3.41. The number of amides is 2. The van der Waals surface area contributed by atoms with Gasteiger partial charge in [0.05, 0.1) is 12.3 Å². The number of benzene rings is 2. The van der Waals surface area contributed by atoms with Crippen LogP contribution in [0.5, 0.6) is 11.5 Å². The zero-order chi connectivity index (χ0) is 21.6. The van der Waals surface area contributed by atoms with E-state index in [2.05, 4.69) is 10.0 Å². The molecule has 162 valence electrons. The van der Waals surface area contributed by atoms with Crippen LogP contribution in [-0.2, 0) is 16.4 Å². The van der Waals surface area contributed by atoms with Crippen molar-refractivity contribution < 1.29 is 17.9 Å². The van der Waals surface area contributed by atoms with Gasteiger partial charge < -0.3 is 15.0 Å². The Kier molecular flexibility index (Phi) is 7.33. The van der Waals surface area contributed by atoms with Crippen LogP contribution in [0.1, 0.15) is 25.3 Å². The lowest BCUT2D eigenvalue weighted by Gasteiger charge is -2.41. The van der Waals surface area contributed by atoms with E-state index >= 15 is 0 Å². The topological polar surface area (TPSA) is 87.7 Å². The van der Waals surface area contributed by atoms with Gasteiger partial charge >= 0.3 is 6.03 Å². The summed E-state index contributed by atoms with van der Waals surface area (Å²) in [4.78, 5) is 14.4. The Hall–Kier alpha value is -2.58. The van der Waals surface area contributed by atoms with Crippen molar-refractivity contribution in [3.8, 4) is 11.5 Å². The molecule has 2 atom stereocenters. The normalized spacial score (nSPS) is 19.3. The molecule has 8 heteroatoms. The maximum absolute atomic E-state index is 12.7. The van der Waals surface area contributed by atoms with Crippen LogP contribution >= 0.6 is 0 Å². The molecule has 0 unspecified atom stereocenters. The summed E-state index contributed by atoms with van der Waals surface area (Å²) >= 11 is 0. The van der Waals surface area contributed by atoms with Gasteiger partial charge in [-0.05, 0) is 49.9 Å². The molecular formula is C22H29N3O4S. The number of likely N-dealkylation sites (tertiary alicyclic amines) is 1. The molecule has 1 aliphatic heterocycles. The van der Waals surface area contributed by atoms with E-state index in [9.17, 15) is 13.2 Å². The number of nitrogens with one attached hydrogen (secondary N) is 2. The van der Waals surface area contributed by atoms with Gasteiger partial charge in [0.25, 0.3) is 0 Å². The first-order chi connectivity index (χ1) is 14.4. The van der Waals surface area contributed by atoms with Gasteiger partial charge in [0, 0.05) is 19.1 Å². The summed E-state index contributed by atoms with van der Waals surface area (Å²) in [5.74, 6) is 1.42. The molecule has 0 spiro atoms. The Morgan fingerprint density at radius 1 is 1.13 bits per heavy atom. The molecule has 3 rings (SSSR count). The second kappa shape index (κ2) is 9.95. The van der Waals surface area contributed by atoms with Gasteiger partial charge in [-0.15, -0.1) is 0 Å². The number of carbonyl (C=O) groups excluding carboxylic acids is 1. The van der Waals surface area contributed by atoms with Gasteiger partial charge in [-0.3, -0.25) is 0 Å². The standard InChI is InChI=1S/C22H29N3O4S/c1-3-23-22(26)25-15-9-13-19(24-30(2,27)28)20(25)16-17-10-7-8-14-21(17)29-18-11-5-4-6-12-18/h4-8,10-12,14,19-20,24H,3,9,13,15-16H2,1-2H3,(H,23,26)/t19-,20-/m1/s1. The van der Waals surface area contributed by atoms with Crippen LogP contribution in [0.4, 0.5) is 4.79 Å². The fourth-order valence-corrected chi connectivity index (χ4v) is 4.66. The maximum atomic E-state index is 12.7. The Morgan fingerprint density at radius 2 is 1.83 bits per heavy atom. The molecule has 1 aliphatic rings. The average molecular weight is 432 g/mol. The van der Waals surface area contributed by atoms with Gasteiger partial charge in [-0.25, -0.2) is 17.9 Å². The van der Waals surface area contributed by atoms with Gasteiger partial charge in [-0.1, -0.05) is 36.4 Å². The van der Waals surface area contributed by atoms with E-state index in [0.29, 0.717) is 31.7 Å². The lowest BCUT2D eigenvalue weighted by molar-refractivity contribution is 0.133. The molecular weight excluding hydrogens is 402 g/mol. The molecule has 2 aromatic rings. The third-order valence-corrected chi connectivity index (χ3v) is 5.84. The first kappa shape index (κ1) is 22.1. The van der Waals surface area contributed by atoms with Gasteiger partial charge in [0.2, 0.25) is 10.0 Å². The van der Waals surface area contributed by atoms with Crippen LogP contribution in [0.2, 0.25) is 0 Å². The molecule has 2 aromatic carbocycles. The molecule has 0 saturated carbocycles. The number of carbonyl (C=O) groups is 1. The summed E-state index contributed by atoms with van der Waals surface area (Å²) in [6, 6.07) is 16.3. The molecule has 2 N–H and O–H groups in total. The third-order valence-electron chi connectivity index (χ3n) is 5.11. The molecule has 2 amide bonds. The number of hydrogen-bond acceptors (Lipinski definition) is 4. The van der Waals surface area contributed by atoms with E-state index in [1.54, 1.807) is 4.90 Å². The van der Waals surface area contributed by atoms with Crippen molar-refractivity contribution in [2.75, 3.05) is 19.3 Å². The van der Waals surface area contributed by atoms with Crippen LogP contribution in [-0.4, -0.2) is 50.8 Å². The van der Waals surface area contributed by atoms with Crippen molar-refractivity contribution in [3.05, 3.63) is 60.2 Å². The highest BCUT2D eigenvalue weighted by molar-refractivity contribution is 7.88. The molecule has 0 aromatic heterocycles. The van der Waals surface area contributed by atoms with Crippen molar-refractivity contribution in [2.24, 2.45) is 0 Å². The van der Waals surface area contributed by atoms with Crippen molar-refractivity contribution >= 4 is 16.1 Å². The van der Waals surface area contributed by atoms with E-state index in [4.69, 9.17) is 4.74 Å². The van der Waals surface area contributed by atoms with E-state index in [1.807, 2.05) is 61.5 Å². The smallest absolute Gasteiger partial charge is 0.317 e. The molecule has 1 fully saturated rings. The summed E-state index contributed by atoms with van der Waals surface area (Å²) in [6.45, 7) is 2.96. The van der Waals surface area contributed by atoms with Crippen molar-refractivity contribution in [3.63, 3.8) is 0 Å². The summed E-state index contributed by atoms with van der Waals surface area (Å²) < 4.78 is 32.7. The Labute approximate surface area is 178 Å². The predicted octanol–water partition coefficient (Wildman–Crippen LogP) is 3.13. The fourth-order valence-electron chi connectivity index (χ4n) is 3.84. The molecule has 0 aliphatic carbocycles. The van der Waals surface area contributed by atoms with Crippen LogP contribution in [0, 0.1) is 0 Å². The zero-order valence-corrected chi connectivity index (χ0v) is 18.2. The first-order valence-corrected chi connectivity index (χ1v) is 12.1. The summed E-state index contributed by atoms with van der Waals surface area (Å²) in [7, 11) is -3.41. The van der Waals surface area contributed by atoms with Crippen LogP contribution in [0.3, 0.4) is 0 Å². The summed E-state index contributed by atoms with van der Waals surface area (Å²) in [5.41, 5.74) is 0.919. The molecule has 7 nitrogen and oxygen atoms in total. The minimum Gasteiger partial charge on any atom is -0.457 e. The van der Waals surface area contributed by atoms with E-state index in [-0.39, 0.29) is 18.1 Å². The van der Waals surface area contributed by atoms with Crippen molar-refractivity contribution in [2.45, 2.75) is 38.3 Å². The van der Waals surface area contributed by atoms with Crippen molar-refractivity contribution in [1.82, 2.24) is 14.9 Å². The maximum Gasteiger partial charge on any atom is 0.317 e. The van der Waals surface area contributed by atoms with Gasteiger partial charge in [0.1, 0.15) is 11.5 Å². The molecule has 30 heavy (non-hydrogen) atoms. The first-order valence-electron chi connectivity index (χ1n) is 10.2. The van der Waals surface area contributed by atoms with Gasteiger partial charge in [-0.2, -0.15) is 0 Å². The number of urea groups is 1. The number of sulfonamides is 1. The van der Waals surface area contributed by atoms with E-state index in [0.717, 1.165) is 24.0 Å². The van der Waals surface area contributed by atoms with Crippen LogP contribution < -0.4 is 14.8 Å². The number of piperidine rings is 1. The largest absolute Gasteiger partial charge is 0.457 e. The highest BCUT2D eigenvalue weighted by Gasteiger charge is 2.36. The lowest BCUT2D eigenvalue weighted by atomic mass is 9.91. The summed E-state index contributed by atoms with van der Waals surface area (Å²) in [6.07, 6.45) is 3.05. The second-order valence-corrected chi connectivity index (χ2v) is 9.24. The molecule has 0 radical (unpaired) electrons. The fraction of sp³-hybridized carbons (Fsp3) is 0.409.